The number of nitrogens with zero attached hydrogens (tertiary/aromatic N) is 1. The van der Waals surface area contributed by atoms with Crippen LogP contribution < -0.4 is 0 Å². The molecule has 2 atom stereocenters. The van der Waals surface area contributed by atoms with Crippen molar-refractivity contribution in [2.75, 3.05) is 19.7 Å². The second kappa shape index (κ2) is 6.71. The van der Waals surface area contributed by atoms with Gasteiger partial charge in [0, 0.05) is 6.54 Å². The van der Waals surface area contributed by atoms with Crippen LogP contribution in [0.2, 0.25) is 0 Å². The Morgan fingerprint density at radius 1 is 1.37 bits per heavy atom. The molecule has 104 valence electrons. The van der Waals surface area contributed by atoms with Crippen LogP contribution in [0.3, 0.4) is 0 Å². The Hall–Kier alpha value is -1.35. The van der Waals surface area contributed by atoms with Crippen molar-refractivity contribution >= 4 is 5.97 Å². The lowest BCUT2D eigenvalue weighted by molar-refractivity contribution is -0.149. The van der Waals surface area contributed by atoms with Gasteiger partial charge in [-0.15, -0.1) is 0 Å². The van der Waals surface area contributed by atoms with E-state index in [2.05, 4.69) is 36.1 Å². The summed E-state index contributed by atoms with van der Waals surface area (Å²) in [5.74, 6) is 0.475. The van der Waals surface area contributed by atoms with E-state index in [0.29, 0.717) is 12.5 Å². The van der Waals surface area contributed by atoms with Crippen LogP contribution in [0.5, 0.6) is 0 Å². The quantitative estimate of drug-likeness (QED) is 0.763. The van der Waals surface area contributed by atoms with Crippen LogP contribution in [0.4, 0.5) is 0 Å². The topological polar surface area (TPSA) is 29.5 Å². The molecule has 0 bridgehead atoms. The van der Waals surface area contributed by atoms with Gasteiger partial charge in [-0.25, -0.2) is 0 Å². The highest BCUT2D eigenvalue weighted by molar-refractivity contribution is 5.75. The Morgan fingerprint density at radius 3 is 2.74 bits per heavy atom. The summed E-state index contributed by atoms with van der Waals surface area (Å²) in [6.07, 6.45) is 1.94. The summed E-state index contributed by atoms with van der Waals surface area (Å²) in [6, 6.07) is 10.5. The van der Waals surface area contributed by atoms with Crippen molar-refractivity contribution in [3.8, 4) is 0 Å². The molecule has 1 aliphatic rings. The molecule has 0 aliphatic carbocycles. The van der Waals surface area contributed by atoms with Gasteiger partial charge < -0.3 is 4.74 Å². The number of esters is 1. The van der Waals surface area contributed by atoms with Gasteiger partial charge in [-0.1, -0.05) is 37.3 Å². The molecule has 3 heteroatoms. The first-order chi connectivity index (χ1) is 9.26. The predicted molar refractivity (Wildman–Crippen MR) is 76.1 cm³/mol. The molecule has 1 saturated heterocycles. The molecule has 1 aliphatic heterocycles. The normalized spacial score (nSPS) is 21.3. The molecule has 3 nitrogen and oxygen atoms in total. The second-order valence-corrected chi connectivity index (χ2v) is 5.07. The fraction of sp³-hybridized carbons (Fsp3) is 0.562. The van der Waals surface area contributed by atoms with E-state index in [1.165, 1.54) is 5.56 Å². The third kappa shape index (κ3) is 3.35. The largest absolute Gasteiger partial charge is 0.465 e. The molecular weight excluding hydrogens is 238 g/mol. The van der Waals surface area contributed by atoms with Gasteiger partial charge in [-0.05, 0) is 37.8 Å². The lowest BCUT2D eigenvalue weighted by Crippen LogP contribution is -2.40. The van der Waals surface area contributed by atoms with Gasteiger partial charge in [-0.2, -0.15) is 0 Å². The van der Waals surface area contributed by atoms with E-state index >= 15 is 0 Å². The van der Waals surface area contributed by atoms with Crippen LogP contribution >= 0.6 is 0 Å². The van der Waals surface area contributed by atoms with Crippen molar-refractivity contribution in [1.29, 1.82) is 0 Å². The third-order valence-corrected chi connectivity index (χ3v) is 3.88. The molecule has 0 amide bonds. The predicted octanol–water partition coefficient (Wildman–Crippen LogP) is 2.82. The van der Waals surface area contributed by atoms with E-state index in [-0.39, 0.29) is 12.0 Å². The molecule has 1 heterocycles. The lowest BCUT2D eigenvalue weighted by Gasteiger charge is -2.25. The molecule has 0 N–H and O–H groups in total. The Kier molecular flexibility index (Phi) is 4.97. The summed E-state index contributed by atoms with van der Waals surface area (Å²) in [6.45, 7) is 6.32. The maximum atomic E-state index is 11.9. The van der Waals surface area contributed by atoms with Crippen molar-refractivity contribution in [3.05, 3.63) is 35.9 Å². The van der Waals surface area contributed by atoms with Crippen molar-refractivity contribution in [1.82, 2.24) is 4.90 Å². The first-order valence-corrected chi connectivity index (χ1v) is 7.21. The standard InChI is InChI=1S/C16H23NO2/c1-3-15(16(18)19-4-2)17-11-10-14(12-17)13-8-6-5-7-9-13/h5-9,14-15H,3-4,10-12H2,1-2H3. The maximum Gasteiger partial charge on any atom is 0.323 e. The van der Waals surface area contributed by atoms with Gasteiger partial charge in [0.15, 0.2) is 0 Å². The Labute approximate surface area is 115 Å². The summed E-state index contributed by atoms with van der Waals surface area (Å²) < 4.78 is 5.17. The number of hydrogen-bond acceptors (Lipinski definition) is 3. The van der Waals surface area contributed by atoms with E-state index in [1.54, 1.807) is 0 Å². The zero-order chi connectivity index (χ0) is 13.7. The molecular formula is C16H23NO2. The lowest BCUT2D eigenvalue weighted by atomic mass is 9.99. The van der Waals surface area contributed by atoms with Crippen LogP contribution in [0.1, 0.15) is 38.2 Å². The van der Waals surface area contributed by atoms with Crippen molar-refractivity contribution in [2.45, 2.75) is 38.6 Å². The van der Waals surface area contributed by atoms with Gasteiger partial charge in [0.05, 0.1) is 6.61 Å². The molecule has 2 rings (SSSR count). The number of carbonyl (C=O) groups is 1. The Morgan fingerprint density at radius 2 is 2.11 bits per heavy atom. The molecule has 1 aromatic carbocycles. The van der Waals surface area contributed by atoms with Gasteiger partial charge in [-0.3, -0.25) is 9.69 Å². The van der Waals surface area contributed by atoms with Gasteiger partial charge in [0.25, 0.3) is 0 Å². The number of ether oxygens (including phenoxy) is 1. The highest BCUT2D eigenvalue weighted by Crippen LogP contribution is 2.29. The Bertz CT molecular complexity index is 404. The number of benzene rings is 1. The monoisotopic (exact) mass is 261 g/mol. The summed E-state index contributed by atoms with van der Waals surface area (Å²) in [7, 11) is 0. The summed E-state index contributed by atoms with van der Waals surface area (Å²) in [4.78, 5) is 14.2. The highest BCUT2D eigenvalue weighted by atomic mass is 16.5. The molecule has 1 aromatic rings. The minimum absolute atomic E-state index is 0.0706. The smallest absolute Gasteiger partial charge is 0.323 e. The molecule has 0 radical (unpaired) electrons. The van der Waals surface area contributed by atoms with Crippen molar-refractivity contribution in [2.24, 2.45) is 0 Å². The minimum atomic E-state index is -0.0753. The summed E-state index contributed by atoms with van der Waals surface area (Å²) in [5, 5.41) is 0. The van der Waals surface area contributed by atoms with Crippen LogP contribution in [0.15, 0.2) is 30.3 Å². The van der Waals surface area contributed by atoms with Crippen LogP contribution in [0.25, 0.3) is 0 Å². The third-order valence-electron chi connectivity index (χ3n) is 3.88. The first kappa shape index (κ1) is 14.1. The van der Waals surface area contributed by atoms with Crippen LogP contribution in [-0.4, -0.2) is 36.6 Å². The number of rotatable bonds is 5. The number of carbonyl (C=O) groups excluding carboxylic acids is 1. The molecule has 0 spiro atoms. The van der Waals surface area contributed by atoms with Gasteiger partial charge in [0.2, 0.25) is 0 Å². The average Bonchev–Trinajstić information content (AvgIpc) is 2.90. The molecule has 19 heavy (non-hydrogen) atoms. The fourth-order valence-corrected chi connectivity index (χ4v) is 2.88. The maximum absolute atomic E-state index is 11.9. The first-order valence-electron chi connectivity index (χ1n) is 7.21. The van der Waals surface area contributed by atoms with E-state index in [4.69, 9.17) is 4.74 Å². The highest BCUT2D eigenvalue weighted by Gasteiger charge is 2.32. The number of likely N-dealkylation sites (tertiary alicyclic amines) is 1. The van der Waals surface area contributed by atoms with Crippen molar-refractivity contribution < 1.29 is 9.53 Å². The SMILES string of the molecule is CCOC(=O)C(CC)N1CCC(c2ccccc2)C1. The van der Waals surface area contributed by atoms with Gasteiger partial charge >= 0.3 is 5.97 Å². The minimum Gasteiger partial charge on any atom is -0.465 e. The van der Waals surface area contributed by atoms with Crippen LogP contribution in [0, 0.1) is 0 Å². The molecule has 0 aromatic heterocycles. The number of hydrogen-bond donors (Lipinski definition) is 0. The zero-order valence-electron chi connectivity index (χ0n) is 11.8. The van der Waals surface area contributed by atoms with Crippen molar-refractivity contribution in [3.63, 3.8) is 0 Å². The van der Waals surface area contributed by atoms with E-state index in [1.807, 2.05) is 13.0 Å². The second-order valence-electron chi connectivity index (χ2n) is 5.07. The Balaban J connectivity index is 1.99. The summed E-state index contributed by atoms with van der Waals surface area (Å²) >= 11 is 0. The van der Waals surface area contributed by atoms with E-state index in [0.717, 1.165) is 25.9 Å². The van der Waals surface area contributed by atoms with E-state index < -0.39 is 0 Å². The van der Waals surface area contributed by atoms with E-state index in [9.17, 15) is 4.79 Å². The molecule has 1 fully saturated rings. The van der Waals surface area contributed by atoms with Gasteiger partial charge in [0.1, 0.15) is 6.04 Å². The molecule has 0 saturated carbocycles. The summed E-state index contributed by atoms with van der Waals surface area (Å²) in [5.41, 5.74) is 1.38. The zero-order valence-corrected chi connectivity index (χ0v) is 11.8. The molecule has 2 unspecified atom stereocenters. The van der Waals surface area contributed by atoms with Crippen LogP contribution in [-0.2, 0) is 9.53 Å². The fourth-order valence-electron chi connectivity index (χ4n) is 2.88. The average molecular weight is 261 g/mol.